The van der Waals surface area contributed by atoms with Crippen molar-refractivity contribution in [3.63, 3.8) is 0 Å². The van der Waals surface area contributed by atoms with Crippen LogP contribution in [0.3, 0.4) is 0 Å². The van der Waals surface area contributed by atoms with Crippen LogP contribution < -0.4 is 0 Å². The molecule has 0 bridgehead atoms. The first kappa shape index (κ1) is 8.55. The van der Waals surface area contributed by atoms with Gasteiger partial charge in [-0.1, -0.05) is 6.07 Å². The van der Waals surface area contributed by atoms with Gasteiger partial charge in [0.05, 0.1) is 4.92 Å². The maximum Gasteiger partial charge on any atom is 0.330 e. The first-order valence-electron chi connectivity index (χ1n) is 3.88. The van der Waals surface area contributed by atoms with Crippen LogP contribution in [-0.4, -0.2) is 9.91 Å². The summed E-state index contributed by atoms with van der Waals surface area (Å²) in [7, 11) is 0. The Hall–Kier alpha value is -2.04. The Kier molecular flexibility index (Phi) is 1.85. The average Bonchev–Trinajstić information content (AvgIpc) is 2.17. The van der Waals surface area contributed by atoms with Crippen molar-refractivity contribution in [1.29, 1.82) is 0 Å². The topological polar surface area (TPSA) is 56.0 Å². The lowest BCUT2D eigenvalue weighted by atomic mass is 10.2. The van der Waals surface area contributed by atoms with E-state index in [9.17, 15) is 14.5 Å². The molecule has 0 aliphatic rings. The Morgan fingerprint density at radius 3 is 2.86 bits per heavy atom. The minimum absolute atomic E-state index is 0.0810. The molecule has 0 fully saturated rings. The number of nitro benzene ring substituents is 1. The molecule has 1 aromatic carbocycles. The quantitative estimate of drug-likeness (QED) is 0.514. The molecule has 0 radical (unpaired) electrons. The van der Waals surface area contributed by atoms with Gasteiger partial charge in [-0.15, -0.1) is 0 Å². The molecule has 4 nitrogen and oxygen atoms in total. The number of fused-ring (bicyclic) bond motifs is 1. The number of aromatic nitrogens is 1. The van der Waals surface area contributed by atoms with Gasteiger partial charge in [0.25, 0.3) is 0 Å². The minimum Gasteiger partial charge on any atom is -0.258 e. The number of benzene rings is 1. The summed E-state index contributed by atoms with van der Waals surface area (Å²) in [5.74, 6) is -0.860. The molecule has 0 saturated carbocycles. The van der Waals surface area contributed by atoms with E-state index in [2.05, 4.69) is 4.98 Å². The Bertz CT molecular complexity index is 513. The molecule has 70 valence electrons. The number of nitro groups is 1. The average molecular weight is 192 g/mol. The molecule has 0 unspecified atom stereocenters. The molecule has 0 atom stereocenters. The highest BCUT2D eigenvalue weighted by atomic mass is 19.1. The summed E-state index contributed by atoms with van der Waals surface area (Å²) in [6.45, 7) is 0. The zero-order valence-electron chi connectivity index (χ0n) is 6.98. The molecule has 2 rings (SSSR count). The van der Waals surface area contributed by atoms with E-state index in [4.69, 9.17) is 0 Å². The molecule has 0 N–H and O–H groups in total. The van der Waals surface area contributed by atoms with Gasteiger partial charge < -0.3 is 0 Å². The van der Waals surface area contributed by atoms with Gasteiger partial charge in [0.15, 0.2) is 5.52 Å². The van der Waals surface area contributed by atoms with Crippen LogP contribution in [0.25, 0.3) is 10.9 Å². The Labute approximate surface area is 78.2 Å². The van der Waals surface area contributed by atoms with E-state index in [1.807, 2.05) is 0 Å². The van der Waals surface area contributed by atoms with Gasteiger partial charge in [0.2, 0.25) is 5.82 Å². The lowest BCUT2D eigenvalue weighted by Crippen LogP contribution is -1.94. The van der Waals surface area contributed by atoms with Gasteiger partial charge in [0.1, 0.15) is 0 Å². The standard InChI is InChI=1S/C9H5FN2O2/c10-7-4-3-6-2-1-5-11-8(6)9(7)12(13)14/h1-5H. The van der Waals surface area contributed by atoms with Crippen molar-refractivity contribution in [2.45, 2.75) is 0 Å². The smallest absolute Gasteiger partial charge is 0.258 e. The number of pyridine rings is 1. The highest BCUT2D eigenvalue weighted by Gasteiger charge is 2.18. The van der Waals surface area contributed by atoms with Gasteiger partial charge >= 0.3 is 5.69 Å². The molecule has 14 heavy (non-hydrogen) atoms. The molecule has 1 aromatic heterocycles. The third kappa shape index (κ3) is 1.19. The summed E-state index contributed by atoms with van der Waals surface area (Å²) in [6, 6.07) is 5.82. The van der Waals surface area contributed by atoms with Gasteiger partial charge in [-0.25, -0.2) is 4.98 Å². The summed E-state index contributed by atoms with van der Waals surface area (Å²) in [5, 5.41) is 11.1. The van der Waals surface area contributed by atoms with Gasteiger partial charge in [-0.3, -0.25) is 10.1 Å². The molecule has 0 saturated heterocycles. The van der Waals surface area contributed by atoms with Crippen LogP contribution in [-0.2, 0) is 0 Å². The SMILES string of the molecule is O=[N+]([O-])c1c(F)ccc2cccnc12. The highest BCUT2D eigenvalue weighted by Crippen LogP contribution is 2.25. The Morgan fingerprint density at radius 1 is 1.36 bits per heavy atom. The third-order valence-corrected chi connectivity index (χ3v) is 1.88. The summed E-state index contributed by atoms with van der Waals surface area (Å²) >= 11 is 0. The molecule has 1 heterocycles. The second kappa shape index (κ2) is 3.02. The summed E-state index contributed by atoms with van der Waals surface area (Å²) in [5.41, 5.74) is -0.486. The zero-order valence-corrected chi connectivity index (χ0v) is 6.98. The van der Waals surface area contributed by atoms with Gasteiger partial charge in [0, 0.05) is 11.6 Å². The summed E-state index contributed by atoms with van der Waals surface area (Å²) in [6.07, 6.45) is 1.40. The van der Waals surface area contributed by atoms with E-state index >= 15 is 0 Å². The van der Waals surface area contributed by atoms with Crippen molar-refractivity contribution in [2.24, 2.45) is 0 Å². The first-order valence-corrected chi connectivity index (χ1v) is 3.88. The number of rotatable bonds is 1. The number of nitrogens with zero attached hydrogens (tertiary/aromatic N) is 2. The van der Waals surface area contributed by atoms with Crippen LogP contribution >= 0.6 is 0 Å². The Morgan fingerprint density at radius 2 is 2.14 bits per heavy atom. The third-order valence-electron chi connectivity index (χ3n) is 1.88. The normalized spacial score (nSPS) is 10.4. The fraction of sp³-hybridized carbons (Fsp3) is 0. The molecule has 2 aromatic rings. The first-order chi connectivity index (χ1) is 6.70. The molecule has 0 aliphatic heterocycles. The van der Waals surface area contributed by atoms with Crippen LogP contribution in [0, 0.1) is 15.9 Å². The minimum atomic E-state index is -0.860. The van der Waals surface area contributed by atoms with Crippen molar-refractivity contribution in [3.8, 4) is 0 Å². The lowest BCUT2D eigenvalue weighted by Gasteiger charge is -1.98. The predicted molar refractivity (Wildman–Crippen MR) is 48.4 cm³/mol. The van der Waals surface area contributed by atoms with Crippen LogP contribution in [0.1, 0.15) is 0 Å². The van der Waals surface area contributed by atoms with Crippen molar-refractivity contribution in [3.05, 3.63) is 46.4 Å². The van der Waals surface area contributed by atoms with Crippen LogP contribution in [0.2, 0.25) is 0 Å². The van der Waals surface area contributed by atoms with E-state index in [0.29, 0.717) is 5.39 Å². The monoisotopic (exact) mass is 192 g/mol. The van der Waals surface area contributed by atoms with E-state index in [1.54, 1.807) is 12.1 Å². The van der Waals surface area contributed by atoms with Gasteiger partial charge in [-0.05, 0) is 18.2 Å². The van der Waals surface area contributed by atoms with Crippen molar-refractivity contribution in [1.82, 2.24) is 4.98 Å². The largest absolute Gasteiger partial charge is 0.330 e. The zero-order chi connectivity index (χ0) is 10.1. The van der Waals surface area contributed by atoms with Gasteiger partial charge in [-0.2, -0.15) is 4.39 Å². The Balaban J connectivity index is 2.90. The van der Waals surface area contributed by atoms with E-state index in [0.717, 1.165) is 6.07 Å². The maximum absolute atomic E-state index is 13.1. The number of halogens is 1. The van der Waals surface area contributed by atoms with E-state index in [-0.39, 0.29) is 5.52 Å². The molecule has 0 spiro atoms. The summed E-state index contributed by atoms with van der Waals surface area (Å²) < 4.78 is 13.1. The second-order valence-electron chi connectivity index (χ2n) is 2.73. The molecule has 5 heteroatoms. The molecule has 0 amide bonds. The van der Waals surface area contributed by atoms with Crippen LogP contribution in [0.5, 0.6) is 0 Å². The molecular formula is C9H5FN2O2. The highest BCUT2D eigenvalue weighted by molar-refractivity contribution is 5.86. The fourth-order valence-corrected chi connectivity index (χ4v) is 1.28. The maximum atomic E-state index is 13.1. The van der Waals surface area contributed by atoms with Crippen molar-refractivity contribution >= 4 is 16.6 Å². The predicted octanol–water partition coefficient (Wildman–Crippen LogP) is 2.28. The van der Waals surface area contributed by atoms with Crippen molar-refractivity contribution in [2.75, 3.05) is 0 Å². The number of hydrogen-bond acceptors (Lipinski definition) is 3. The van der Waals surface area contributed by atoms with E-state index in [1.165, 1.54) is 12.3 Å². The molecule has 0 aliphatic carbocycles. The fourth-order valence-electron chi connectivity index (χ4n) is 1.28. The second-order valence-corrected chi connectivity index (χ2v) is 2.73. The molecular weight excluding hydrogens is 187 g/mol. The summed E-state index contributed by atoms with van der Waals surface area (Å²) in [4.78, 5) is 13.6. The number of hydrogen-bond donors (Lipinski definition) is 0. The lowest BCUT2D eigenvalue weighted by molar-refractivity contribution is -0.385. The van der Waals surface area contributed by atoms with Crippen molar-refractivity contribution < 1.29 is 9.31 Å². The van der Waals surface area contributed by atoms with Crippen LogP contribution in [0.15, 0.2) is 30.5 Å². The van der Waals surface area contributed by atoms with E-state index < -0.39 is 16.4 Å². The van der Waals surface area contributed by atoms with Crippen LogP contribution in [0.4, 0.5) is 10.1 Å².